The number of fused-ring (bicyclic) bond motifs is 1. The van der Waals surface area contributed by atoms with Crippen molar-refractivity contribution in [3.63, 3.8) is 0 Å². The van der Waals surface area contributed by atoms with Crippen LogP contribution in [-0.2, 0) is 6.42 Å². The topological polar surface area (TPSA) is 27.0 Å². The summed E-state index contributed by atoms with van der Waals surface area (Å²) < 4.78 is 0. The molecule has 0 bridgehead atoms. The number of aryl methyl sites for hydroxylation is 1. The molecule has 0 spiro atoms. The van der Waals surface area contributed by atoms with Crippen molar-refractivity contribution in [2.75, 3.05) is 18.0 Å². The molecule has 0 aromatic heterocycles. The Bertz CT molecular complexity index is 427. The van der Waals surface area contributed by atoms with Crippen LogP contribution in [-0.4, -0.2) is 13.1 Å². The molecule has 2 nitrogen and oxygen atoms in total. The van der Waals surface area contributed by atoms with Gasteiger partial charge in [-0.3, -0.25) is 0 Å². The summed E-state index contributed by atoms with van der Waals surface area (Å²) in [5, 5.41) is 9.15. The number of hydrogen-bond donors (Lipinski definition) is 0. The molecule has 1 aliphatic rings. The maximum atomic E-state index is 9.15. The lowest BCUT2D eigenvalue weighted by molar-refractivity contribution is 0.636. The minimum absolute atomic E-state index is 0.115. The summed E-state index contributed by atoms with van der Waals surface area (Å²) in [4.78, 5) is 2.36. The molecule has 1 atom stereocenters. The van der Waals surface area contributed by atoms with Crippen molar-refractivity contribution in [3.8, 4) is 6.07 Å². The summed E-state index contributed by atoms with van der Waals surface area (Å²) >= 11 is 0. The van der Waals surface area contributed by atoms with Crippen LogP contribution in [0.25, 0.3) is 0 Å². The van der Waals surface area contributed by atoms with Gasteiger partial charge in [0.15, 0.2) is 0 Å². The zero-order chi connectivity index (χ0) is 12.3. The summed E-state index contributed by atoms with van der Waals surface area (Å²) in [5.41, 5.74) is 3.94. The molecular formula is C15H20N2. The van der Waals surface area contributed by atoms with Gasteiger partial charge in [-0.25, -0.2) is 0 Å². The second-order valence-corrected chi connectivity index (χ2v) is 4.63. The maximum Gasteiger partial charge on any atom is 0.0715 e. The third-order valence-corrected chi connectivity index (χ3v) is 3.73. The van der Waals surface area contributed by atoms with Crippen LogP contribution in [0.2, 0.25) is 0 Å². The highest BCUT2D eigenvalue weighted by atomic mass is 15.1. The fourth-order valence-electron chi connectivity index (χ4n) is 2.72. The SMILES string of the molecule is CCN(CC)c1ccc2c(c1)CCCC2C#N. The second-order valence-electron chi connectivity index (χ2n) is 4.63. The Kier molecular flexibility index (Phi) is 3.68. The highest BCUT2D eigenvalue weighted by molar-refractivity contribution is 5.53. The average Bonchev–Trinajstić information content (AvgIpc) is 2.39. The number of nitriles is 1. The van der Waals surface area contributed by atoms with Crippen LogP contribution in [0.15, 0.2) is 18.2 Å². The molecule has 2 heteroatoms. The van der Waals surface area contributed by atoms with E-state index in [1.54, 1.807) is 0 Å². The van der Waals surface area contributed by atoms with Crippen LogP contribution in [0, 0.1) is 11.3 Å². The Balaban J connectivity index is 2.34. The lowest BCUT2D eigenvalue weighted by Crippen LogP contribution is -2.22. The van der Waals surface area contributed by atoms with Crippen molar-refractivity contribution >= 4 is 5.69 Å². The monoisotopic (exact) mass is 228 g/mol. The Morgan fingerprint density at radius 3 is 2.76 bits per heavy atom. The summed E-state index contributed by atoms with van der Waals surface area (Å²) in [7, 11) is 0. The predicted octanol–water partition coefficient (Wildman–Crippen LogP) is 3.48. The Morgan fingerprint density at radius 2 is 2.12 bits per heavy atom. The quantitative estimate of drug-likeness (QED) is 0.792. The van der Waals surface area contributed by atoms with Crippen molar-refractivity contribution in [3.05, 3.63) is 29.3 Å². The molecule has 1 aromatic carbocycles. The minimum atomic E-state index is 0.115. The molecule has 1 unspecified atom stereocenters. The van der Waals surface area contributed by atoms with Gasteiger partial charge in [-0.05, 0) is 56.4 Å². The van der Waals surface area contributed by atoms with E-state index < -0.39 is 0 Å². The fourth-order valence-corrected chi connectivity index (χ4v) is 2.72. The van der Waals surface area contributed by atoms with E-state index in [-0.39, 0.29) is 5.92 Å². The average molecular weight is 228 g/mol. The second kappa shape index (κ2) is 5.23. The Labute approximate surface area is 104 Å². The maximum absolute atomic E-state index is 9.15. The number of anilines is 1. The lowest BCUT2D eigenvalue weighted by Gasteiger charge is -2.25. The van der Waals surface area contributed by atoms with Crippen molar-refractivity contribution in [2.24, 2.45) is 0 Å². The molecule has 0 aliphatic heterocycles. The largest absolute Gasteiger partial charge is 0.372 e. The van der Waals surface area contributed by atoms with E-state index in [9.17, 15) is 0 Å². The summed E-state index contributed by atoms with van der Waals surface area (Å²) in [6.07, 6.45) is 3.30. The molecule has 0 saturated heterocycles. The fraction of sp³-hybridized carbons (Fsp3) is 0.533. The Hall–Kier alpha value is -1.49. The lowest BCUT2D eigenvalue weighted by atomic mass is 9.83. The molecule has 0 N–H and O–H groups in total. The minimum Gasteiger partial charge on any atom is -0.372 e. The van der Waals surface area contributed by atoms with Crippen LogP contribution in [0.3, 0.4) is 0 Å². The van der Waals surface area contributed by atoms with Gasteiger partial charge < -0.3 is 4.90 Å². The van der Waals surface area contributed by atoms with E-state index in [1.807, 2.05) is 0 Å². The van der Waals surface area contributed by atoms with E-state index in [0.717, 1.165) is 32.4 Å². The molecule has 17 heavy (non-hydrogen) atoms. The molecule has 1 aliphatic carbocycles. The summed E-state index contributed by atoms with van der Waals surface area (Å²) in [6, 6.07) is 9.04. The van der Waals surface area contributed by atoms with Crippen molar-refractivity contribution < 1.29 is 0 Å². The van der Waals surface area contributed by atoms with E-state index in [2.05, 4.69) is 43.0 Å². The van der Waals surface area contributed by atoms with Crippen LogP contribution in [0.1, 0.15) is 43.7 Å². The van der Waals surface area contributed by atoms with E-state index in [4.69, 9.17) is 5.26 Å². The van der Waals surface area contributed by atoms with Gasteiger partial charge >= 0.3 is 0 Å². The summed E-state index contributed by atoms with van der Waals surface area (Å²) in [6.45, 7) is 6.44. The van der Waals surface area contributed by atoms with Gasteiger partial charge in [0.1, 0.15) is 0 Å². The molecule has 90 valence electrons. The molecule has 0 radical (unpaired) electrons. The Morgan fingerprint density at radius 1 is 1.35 bits per heavy atom. The first kappa shape index (κ1) is 12.0. The van der Waals surface area contributed by atoms with Crippen molar-refractivity contribution in [1.29, 1.82) is 5.26 Å². The van der Waals surface area contributed by atoms with Crippen LogP contribution < -0.4 is 4.90 Å². The third-order valence-electron chi connectivity index (χ3n) is 3.73. The van der Waals surface area contributed by atoms with Crippen LogP contribution in [0.5, 0.6) is 0 Å². The normalized spacial score (nSPS) is 18.3. The first-order valence-corrected chi connectivity index (χ1v) is 6.57. The first-order valence-electron chi connectivity index (χ1n) is 6.57. The van der Waals surface area contributed by atoms with Crippen LogP contribution in [0.4, 0.5) is 5.69 Å². The molecule has 0 saturated carbocycles. The standard InChI is InChI=1S/C15H20N2/c1-3-17(4-2)14-8-9-15-12(10-14)6-5-7-13(15)11-16/h8-10,13H,3-7H2,1-2H3. The highest BCUT2D eigenvalue weighted by Gasteiger charge is 2.20. The van der Waals surface area contributed by atoms with Gasteiger partial charge in [0.05, 0.1) is 12.0 Å². The van der Waals surface area contributed by atoms with E-state index in [0.29, 0.717) is 0 Å². The number of nitrogens with zero attached hydrogens (tertiary/aromatic N) is 2. The van der Waals surface area contributed by atoms with Gasteiger partial charge in [0.2, 0.25) is 0 Å². The van der Waals surface area contributed by atoms with Crippen molar-refractivity contribution in [2.45, 2.75) is 39.0 Å². The van der Waals surface area contributed by atoms with E-state index >= 15 is 0 Å². The molecule has 0 heterocycles. The molecule has 1 aromatic rings. The number of hydrogen-bond acceptors (Lipinski definition) is 2. The van der Waals surface area contributed by atoms with Gasteiger partial charge in [-0.15, -0.1) is 0 Å². The highest BCUT2D eigenvalue weighted by Crippen LogP contribution is 2.33. The van der Waals surface area contributed by atoms with Gasteiger partial charge in [-0.1, -0.05) is 6.07 Å². The molecule has 2 rings (SSSR count). The number of benzene rings is 1. The predicted molar refractivity (Wildman–Crippen MR) is 71.3 cm³/mol. The van der Waals surface area contributed by atoms with Gasteiger partial charge in [0.25, 0.3) is 0 Å². The first-order chi connectivity index (χ1) is 8.30. The molecular weight excluding hydrogens is 208 g/mol. The molecule has 0 amide bonds. The van der Waals surface area contributed by atoms with E-state index in [1.165, 1.54) is 16.8 Å². The third kappa shape index (κ3) is 2.29. The zero-order valence-electron chi connectivity index (χ0n) is 10.7. The number of rotatable bonds is 3. The van der Waals surface area contributed by atoms with Gasteiger partial charge in [-0.2, -0.15) is 5.26 Å². The van der Waals surface area contributed by atoms with Crippen LogP contribution >= 0.6 is 0 Å². The summed E-state index contributed by atoms with van der Waals surface area (Å²) in [5.74, 6) is 0.115. The zero-order valence-corrected chi connectivity index (χ0v) is 10.7. The van der Waals surface area contributed by atoms with Gasteiger partial charge in [0, 0.05) is 18.8 Å². The van der Waals surface area contributed by atoms with Crippen molar-refractivity contribution in [1.82, 2.24) is 0 Å². The smallest absolute Gasteiger partial charge is 0.0715 e. The molecule has 0 fully saturated rings.